The summed E-state index contributed by atoms with van der Waals surface area (Å²) < 4.78 is 0. The number of ketones is 1. The monoisotopic (exact) mass is 197 g/mol. The van der Waals surface area contributed by atoms with Crippen molar-refractivity contribution in [3.8, 4) is 0 Å². The van der Waals surface area contributed by atoms with Gasteiger partial charge in [-0.2, -0.15) is 0 Å². The molecule has 0 saturated heterocycles. The van der Waals surface area contributed by atoms with Crippen molar-refractivity contribution in [3.63, 3.8) is 0 Å². The lowest BCUT2D eigenvalue weighted by Gasteiger charge is -2.37. The van der Waals surface area contributed by atoms with E-state index in [0.29, 0.717) is 6.42 Å². The summed E-state index contributed by atoms with van der Waals surface area (Å²) >= 11 is 0. The van der Waals surface area contributed by atoms with E-state index < -0.39 is 11.0 Å². The Morgan fingerprint density at radius 3 is 1.93 bits per heavy atom. The molecule has 0 aliphatic carbocycles. The summed E-state index contributed by atoms with van der Waals surface area (Å²) in [6.45, 7) is 13.3. The quantitative estimate of drug-likeness (QED) is 0.689. The Morgan fingerprint density at radius 1 is 1.21 bits per heavy atom. The first kappa shape index (κ1) is 13.4. The largest absolute Gasteiger partial charge is 0.325 e. The average Bonchev–Trinajstić information content (AvgIpc) is 1.97. The van der Waals surface area contributed by atoms with Crippen LogP contribution < -0.4 is 5.73 Å². The number of hydrogen-bond donors (Lipinski definition) is 1. The molecule has 0 heterocycles. The Kier molecular flexibility index (Phi) is 4.07. The highest BCUT2D eigenvalue weighted by Crippen LogP contribution is 2.31. The molecule has 0 unspecified atom stereocenters. The summed E-state index contributed by atoms with van der Waals surface area (Å²) in [5, 5.41) is 0. The van der Waals surface area contributed by atoms with Crippen LogP contribution in [0.3, 0.4) is 0 Å². The molecule has 0 aromatic carbocycles. The minimum Gasteiger partial charge on any atom is -0.325 e. The number of rotatable bonds is 5. The van der Waals surface area contributed by atoms with Crippen LogP contribution >= 0.6 is 0 Å². The van der Waals surface area contributed by atoms with Crippen LogP contribution in [0.5, 0.6) is 0 Å². The van der Waals surface area contributed by atoms with Gasteiger partial charge in [-0.15, -0.1) is 6.58 Å². The van der Waals surface area contributed by atoms with E-state index in [2.05, 4.69) is 6.58 Å². The summed E-state index contributed by atoms with van der Waals surface area (Å²) in [6.07, 6.45) is 1.31. The van der Waals surface area contributed by atoms with Crippen LogP contribution in [0.1, 0.15) is 47.5 Å². The standard InChI is InChI=1S/C12H23NO/c1-9(2)7-8-10(14)11(3,4)12(5,6)13/h1,7-8,13H2,2-6H3. The van der Waals surface area contributed by atoms with Crippen molar-refractivity contribution < 1.29 is 4.79 Å². The third kappa shape index (κ3) is 3.26. The molecule has 0 amide bonds. The van der Waals surface area contributed by atoms with Crippen molar-refractivity contribution in [1.29, 1.82) is 0 Å². The van der Waals surface area contributed by atoms with Crippen LogP contribution in [-0.2, 0) is 4.79 Å². The molecule has 0 atom stereocenters. The predicted octanol–water partition coefficient (Wildman–Crippen LogP) is 2.68. The summed E-state index contributed by atoms with van der Waals surface area (Å²) in [6, 6.07) is 0. The fourth-order valence-corrected chi connectivity index (χ4v) is 0.999. The maximum atomic E-state index is 11.9. The second-order valence-electron chi connectivity index (χ2n) is 5.23. The summed E-state index contributed by atoms with van der Waals surface area (Å²) in [4.78, 5) is 11.9. The summed E-state index contributed by atoms with van der Waals surface area (Å²) in [7, 11) is 0. The molecule has 0 bridgehead atoms. The highest BCUT2D eigenvalue weighted by Gasteiger charge is 2.39. The molecule has 14 heavy (non-hydrogen) atoms. The minimum absolute atomic E-state index is 0.216. The molecule has 0 fully saturated rings. The van der Waals surface area contributed by atoms with Crippen molar-refractivity contribution in [2.75, 3.05) is 0 Å². The molecule has 82 valence electrons. The second-order valence-corrected chi connectivity index (χ2v) is 5.23. The van der Waals surface area contributed by atoms with Gasteiger partial charge in [-0.25, -0.2) is 0 Å². The Balaban J connectivity index is 4.45. The van der Waals surface area contributed by atoms with Gasteiger partial charge in [0.25, 0.3) is 0 Å². The van der Waals surface area contributed by atoms with E-state index in [0.717, 1.165) is 12.0 Å². The summed E-state index contributed by atoms with van der Waals surface area (Å²) in [5.41, 5.74) is 6.08. The van der Waals surface area contributed by atoms with Crippen LogP contribution in [0.25, 0.3) is 0 Å². The van der Waals surface area contributed by atoms with Gasteiger partial charge in [0.05, 0.1) is 0 Å². The van der Waals surface area contributed by atoms with Gasteiger partial charge in [-0.1, -0.05) is 19.4 Å². The predicted molar refractivity (Wildman–Crippen MR) is 61.1 cm³/mol. The van der Waals surface area contributed by atoms with Gasteiger partial charge in [-0.05, 0) is 27.2 Å². The van der Waals surface area contributed by atoms with E-state index in [1.165, 1.54) is 0 Å². The molecule has 0 saturated carbocycles. The molecule has 0 aliphatic heterocycles. The fraction of sp³-hybridized carbons (Fsp3) is 0.750. The van der Waals surface area contributed by atoms with Crippen molar-refractivity contribution >= 4 is 5.78 Å². The smallest absolute Gasteiger partial charge is 0.140 e. The topological polar surface area (TPSA) is 43.1 Å². The molecular weight excluding hydrogens is 174 g/mol. The van der Waals surface area contributed by atoms with Gasteiger partial charge in [0.1, 0.15) is 5.78 Å². The highest BCUT2D eigenvalue weighted by molar-refractivity contribution is 5.85. The minimum atomic E-state index is -0.473. The molecule has 0 aromatic heterocycles. The van der Waals surface area contributed by atoms with Crippen molar-refractivity contribution in [3.05, 3.63) is 12.2 Å². The third-order valence-corrected chi connectivity index (χ3v) is 3.09. The average molecular weight is 197 g/mol. The highest BCUT2D eigenvalue weighted by atomic mass is 16.1. The Hall–Kier alpha value is -0.630. The number of carbonyl (C=O) groups is 1. The fourth-order valence-electron chi connectivity index (χ4n) is 0.999. The van der Waals surface area contributed by atoms with Crippen molar-refractivity contribution in [1.82, 2.24) is 0 Å². The van der Waals surface area contributed by atoms with E-state index >= 15 is 0 Å². The Labute approximate surface area is 87.6 Å². The number of Topliss-reactive ketones (excluding diaryl/α,β-unsaturated/α-hetero) is 1. The zero-order valence-corrected chi connectivity index (χ0v) is 10.1. The van der Waals surface area contributed by atoms with Gasteiger partial charge in [-0.3, -0.25) is 4.79 Å². The van der Waals surface area contributed by atoms with Gasteiger partial charge < -0.3 is 5.73 Å². The first-order valence-electron chi connectivity index (χ1n) is 5.05. The number of allylic oxidation sites excluding steroid dienone is 1. The zero-order chi connectivity index (χ0) is 11.6. The summed E-state index contributed by atoms with van der Waals surface area (Å²) in [5.74, 6) is 0.216. The molecule has 0 radical (unpaired) electrons. The first-order chi connectivity index (χ1) is 6.09. The van der Waals surface area contributed by atoms with Gasteiger partial charge in [0.15, 0.2) is 0 Å². The van der Waals surface area contributed by atoms with Crippen LogP contribution in [0.4, 0.5) is 0 Å². The van der Waals surface area contributed by atoms with Crippen LogP contribution in [0.2, 0.25) is 0 Å². The number of nitrogens with two attached hydrogens (primary N) is 1. The lowest BCUT2D eigenvalue weighted by Crippen LogP contribution is -2.51. The molecule has 2 nitrogen and oxygen atoms in total. The first-order valence-corrected chi connectivity index (χ1v) is 5.05. The third-order valence-electron chi connectivity index (χ3n) is 3.09. The molecular formula is C12H23NO. The maximum absolute atomic E-state index is 11.9. The van der Waals surface area contributed by atoms with Crippen molar-refractivity contribution in [2.24, 2.45) is 11.1 Å². The molecule has 2 heteroatoms. The van der Waals surface area contributed by atoms with E-state index in [1.54, 1.807) is 0 Å². The molecule has 0 aliphatic rings. The second kappa shape index (κ2) is 4.26. The van der Waals surface area contributed by atoms with E-state index in [-0.39, 0.29) is 5.78 Å². The number of carbonyl (C=O) groups excluding carboxylic acids is 1. The molecule has 2 N–H and O–H groups in total. The number of hydrogen-bond acceptors (Lipinski definition) is 2. The van der Waals surface area contributed by atoms with E-state index in [1.807, 2.05) is 34.6 Å². The molecule has 0 aromatic rings. The SMILES string of the molecule is C=C(C)CCC(=O)C(C)(C)C(C)(C)N. The van der Waals surface area contributed by atoms with E-state index in [9.17, 15) is 4.79 Å². The van der Waals surface area contributed by atoms with E-state index in [4.69, 9.17) is 5.73 Å². The maximum Gasteiger partial charge on any atom is 0.140 e. The lowest BCUT2D eigenvalue weighted by molar-refractivity contribution is -0.129. The molecule has 0 rings (SSSR count). The Morgan fingerprint density at radius 2 is 1.64 bits per heavy atom. The normalized spacial score (nSPS) is 12.7. The molecule has 0 spiro atoms. The van der Waals surface area contributed by atoms with Gasteiger partial charge in [0, 0.05) is 17.4 Å². The van der Waals surface area contributed by atoms with Crippen LogP contribution in [-0.4, -0.2) is 11.3 Å². The van der Waals surface area contributed by atoms with Crippen LogP contribution in [0.15, 0.2) is 12.2 Å². The van der Waals surface area contributed by atoms with Crippen LogP contribution in [0, 0.1) is 5.41 Å². The van der Waals surface area contributed by atoms with Gasteiger partial charge >= 0.3 is 0 Å². The lowest BCUT2D eigenvalue weighted by atomic mass is 9.71. The zero-order valence-electron chi connectivity index (χ0n) is 10.1. The van der Waals surface area contributed by atoms with Gasteiger partial charge in [0.2, 0.25) is 0 Å². The Bertz CT molecular complexity index is 233. The van der Waals surface area contributed by atoms with Crippen molar-refractivity contribution in [2.45, 2.75) is 53.0 Å².